The van der Waals surface area contributed by atoms with Crippen LogP contribution in [0.5, 0.6) is 17.4 Å². The van der Waals surface area contributed by atoms with Gasteiger partial charge in [-0.25, -0.2) is 4.98 Å². The van der Waals surface area contributed by atoms with Crippen LogP contribution in [-0.4, -0.2) is 24.0 Å². The number of anilines is 2. The highest BCUT2D eigenvalue weighted by molar-refractivity contribution is 7.18. The van der Waals surface area contributed by atoms with Crippen molar-refractivity contribution in [2.24, 2.45) is 0 Å². The molecule has 0 atom stereocenters. The van der Waals surface area contributed by atoms with Crippen LogP contribution >= 0.6 is 11.3 Å². The number of rotatable bonds is 7. The van der Waals surface area contributed by atoms with Crippen LogP contribution in [0.3, 0.4) is 0 Å². The minimum absolute atomic E-state index is 0.0694. The van der Waals surface area contributed by atoms with Crippen molar-refractivity contribution in [1.82, 2.24) is 10.3 Å². The largest absolute Gasteiger partial charge is 0.494 e. The van der Waals surface area contributed by atoms with Gasteiger partial charge >= 0.3 is 0 Å². The number of amides is 1. The molecule has 0 radical (unpaired) electrons. The molecule has 0 fully saturated rings. The highest BCUT2D eigenvalue weighted by atomic mass is 32.1. The summed E-state index contributed by atoms with van der Waals surface area (Å²) in [5, 5.41) is 4.00. The summed E-state index contributed by atoms with van der Waals surface area (Å²) < 4.78 is 11.6. The second kappa shape index (κ2) is 9.97. The molecule has 1 aliphatic heterocycles. The Morgan fingerprint density at radius 1 is 1.09 bits per heavy atom. The van der Waals surface area contributed by atoms with Crippen LogP contribution < -0.4 is 19.7 Å². The quantitative estimate of drug-likeness (QED) is 0.360. The van der Waals surface area contributed by atoms with E-state index in [1.54, 1.807) is 6.20 Å². The number of carbonyl (C=O) groups is 1. The fourth-order valence-electron chi connectivity index (χ4n) is 3.88. The van der Waals surface area contributed by atoms with Crippen molar-refractivity contribution in [2.75, 3.05) is 18.1 Å². The molecule has 0 bridgehead atoms. The topological polar surface area (TPSA) is 63.7 Å². The maximum atomic E-state index is 12.8. The second-order valence-corrected chi connectivity index (χ2v) is 8.91. The lowest BCUT2D eigenvalue weighted by Gasteiger charge is -2.21. The Kier molecular flexibility index (Phi) is 6.44. The van der Waals surface area contributed by atoms with Gasteiger partial charge in [0.15, 0.2) is 0 Å². The second-order valence-electron chi connectivity index (χ2n) is 7.84. The van der Waals surface area contributed by atoms with Crippen molar-refractivity contribution in [3.8, 4) is 17.4 Å². The number of aromatic nitrogens is 1. The van der Waals surface area contributed by atoms with Crippen LogP contribution in [0.1, 0.15) is 27.7 Å². The summed E-state index contributed by atoms with van der Waals surface area (Å²) in [7, 11) is 0. The number of benzene rings is 2. The molecule has 7 heteroatoms. The lowest BCUT2D eigenvalue weighted by atomic mass is 10.1. The first kappa shape index (κ1) is 22.0. The van der Waals surface area contributed by atoms with Crippen molar-refractivity contribution < 1.29 is 14.3 Å². The summed E-state index contributed by atoms with van der Waals surface area (Å²) in [5.74, 6) is 2.15. The number of ether oxygens (including phenoxy) is 2. The number of thiophene rings is 1. The van der Waals surface area contributed by atoms with E-state index in [1.165, 1.54) is 11.3 Å². The molecule has 6 nitrogen and oxygen atoms in total. The Bertz CT molecular complexity index is 1290. The van der Waals surface area contributed by atoms with Crippen LogP contribution in [0.2, 0.25) is 0 Å². The third-order valence-corrected chi connectivity index (χ3v) is 6.67. The van der Waals surface area contributed by atoms with Crippen molar-refractivity contribution in [2.45, 2.75) is 19.9 Å². The first-order chi connectivity index (χ1) is 16.7. The molecule has 5 rings (SSSR count). The number of carbonyl (C=O) groups excluding carboxylic acids is 1. The first-order valence-corrected chi connectivity index (χ1v) is 12.1. The predicted molar refractivity (Wildman–Crippen MR) is 135 cm³/mol. The minimum atomic E-state index is -0.0694. The van der Waals surface area contributed by atoms with Gasteiger partial charge in [0, 0.05) is 18.3 Å². The van der Waals surface area contributed by atoms with Crippen molar-refractivity contribution >= 4 is 27.9 Å². The molecule has 2 aromatic heterocycles. The van der Waals surface area contributed by atoms with Gasteiger partial charge in [0.1, 0.15) is 17.2 Å². The van der Waals surface area contributed by atoms with Gasteiger partial charge in [-0.2, -0.15) is 0 Å². The molecular weight excluding hydrogens is 446 g/mol. The number of fused-ring (bicyclic) bond motifs is 2. The standard InChI is InChI=1S/C27H25N3O3S/c1-2-32-21-11-9-19(10-12-21)15-17-28-26(31)24-13-14-25(34-24)30-18-20-6-3-4-8-23(20)33-27-22(30)7-5-16-29-27/h3-14,16H,2,15,17-18H2,1H3,(H,28,31). The third-order valence-electron chi connectivity index (χ3n) is 5.56. The van der Waals surface area contributed by atoms with Gasteiger partial charge in [-0.05, 0) is 61.4 Å². The molecule has 1 N–H and O–H groups in total. The van der Waals surface area contributed by atoms with Crippen LogP contribution in [-0.2, 0) is 13.0 Å². The molecule has 4 aromatic rings. The van der Waals surface area contributed by atoms with Crippen LogP contribution in [0.15, 0.2) is 79.0 Å². The smallest absolute Gasteiger partial charge is 0.261 e. The summed E-state index contributed by atoms with van der Waals surface area (Å²) in [6.07, 6.45) is 2.48. The monoisotopic (exact) mass is 471 g/mol. The van der Waals surface area contributed by atoms with Gasteiger partial charge in [-0.15, -0.1) is 11.3 Å². The van der Waals surface area contributed by atoms with Crippen molar-refractivity contribution in [1.29, 1.82) is 0 Å². The molecule has 2 aromatic carbocycles. The molecule has 0 spiro atoms. The van der Waals surface area contributed by atoms with Crippen LogP contribution in [0.25, 0.3) is 0 Å². The van der Waals surface area contributed by atoms with E-state index in [0.717, 1.165) is 39.7 Å². The van der Waals surface area contributed by atoms with E-state index in [0.29, 0.717) is 30.5 Å². The van der Waals surface area contributed by atoms with Crippen molar-refractivity contribution in [3.63, 3.8) is 0 Å². The van der Waals surface area contributed by atoms with E-state index in [-0.39, 0.29) is 5.91 Å². The molecule has 0 saturated heterocycles. The lowest BCUT2D eigenvalue weighted by molar-refractivity contribution is 0.0958. The predicted octanol–water partition coefficient (Wildman–Crippen LogP) is 5.96. The van der Waals surface area contributed by atoms with E-state index < -0.39 is 0 Å². The summed E-state index contributed by atoms with van der Waals surface area (Å²) in [4.78, 5) is 20.1. The minimum Gasteiger partial charge on any atom is -0.494 e. The molecule has 0 aliphatic carbocycles. The fourth-order valence-corrected chi connectivity index (χ4v) is 4.81. The van der Waals surface area contributed by atoms with Gasteiger partial charge in [0.05, 0.1) is 23.0 Å². The molecule has 0 saturated carbocycles. The SMILES string of the molecule is CCOc1ccc(CCNC(=O)c2ccc(N3Cc4ccccc4Oc4ncccc43)s2)cc1. The van der Waals surface area contributed by atoms with Crippen molar-refractivity contribution in [3.05, 3.63) is 95.0 Å². The van der Waals surface area contributed by atoms with Gasteiger partial charge in [0.25, 0.3) is 5.91 Å². The molecule has 34 heavy (non-hydrogen) atoms. The molecule has 1 amide bonds. The fraction of sp³-hybridized carbons (Fsp3) is 0.185. The Morgan fingerprint density at radius 2 is 1.94 bits per heavy atom. The maximum Gasteiger partial charge on any atom is 0.261 e. The van der Waals surface area contributed by atoms with E-state index in [1.807, 2.05) is 73.7 Å². The zero-order valence-corrected chi connectivity index (χ0v) is 19.7. The maximum absolute atomic E-state index is 12.8. The molecular formula is C27H25N3O3S. The zero-order valence-electron chi connectivity index (χ0n) is 18.9. The first-order valence-electron chi connectivity index (χ1n) is 11.3. The van der Waals surface area contributed by atoms with E-state index >= 15 is 0 Å². The zero-order chi connectivity index (χ0) is 23.3. The van der Waals surface area contributed by atoms with Gasteiger partial charge in [-0.1, -0.05) is 30.3 Å². The average Bonchev–Trinajstić information content (AvgIpc) is 3.29. The lowest BCUT2D eigenvalue weighted by Crippen LogP contribution is -2.24. The molecule has 0 unspecified atom stereocenters. The summed E-state index contributed by atoms with van der Waals surface area (Å²) >= 11 is 1.46. The average molecular weight is 472 g/mol. The normalized spacial score (nSPS) is 12.2. The highest BCUT2D eigenvalue weighted by Gasteiger charge is 2.24. The Morgan fingerprint density at radius 3 is 2.79 bits per heavy atom. The Labute approximate surface area is 202 Å². The summed E-state index contributed by atoms with van der Waals surface area (Å²) in [6, 6.07) is 23.7. The number of hydrogen-bond donors (Lipinski definition) is 1. The molecule has 3 heterocycles. The van der Waals surface area contributed by atoms with E-state index in [2.05, 4.69) is 21.3 Å². The number of hydrogen-bond acceptors (Lipinski definition) is 6. The summed E-state index contributed by atoms with van der Waals surface area (Å²) in [5.41, 5.74) is 3.10. The van der Waals surface area contributed by atoms with E-state index in [4.69, 9.17) is 9.47 Å². The number of nitrogens with one attached hydrogen (secondary N) is 1. The number of pyridine rings is 1. The Hall–Kier alpha value is -3.84. The Balaban J connectivity index is 1.28. The number of para-hydroxylation sites is 1. The highest BCUT2D eigenvalue weighted by Crippen LogP contribution is 2.42. The summed E-state index contributed by atoms with van der Waals surface area (Å²) in [6.45, 7) is 3.82. The van der Waals surface area contributed by atoms with Gasteiger partial charge in [0.2, 0.25) is 5.88 Å². The van der Waals surface area contributed by atoms with Crippen LogP contribution in [0, 0.1) is 0 Å². The third kappa shape index (κ3) is 4.75. The van der Waals surface area contributed by atoms with Gasteiger partial charge in [-0.3, -0.25) is 4.79 Å². The number of nitrogens with zero attached hydrogens (tertiary/aromatic N) is 2. The van der Waals surface area contributed by atoms with E-state index in [9.17, 15) is 4.79 Å². The molecule has 172 valence electrons. The molecule has 1 aliphatic rings. The van der Waals surface area contributed by atoms with Gasteiger partial charge < -0.3 is 19.7 Å². The van der Waals surface area contributed by atoms with Crippen LogP contribution in [0.4, 0.5) is 10.7 Å².